The van der Waals surface area contributed by atoms with E-state index in [1.54, 1.807) is 12.0 Å². The maximum atomic E-state index is 13.0. The highest BCUT2D eigenvalue weighted by molar-refractivity contribution is 7.20. The van der Waals surface area contributed by atoms with Gasteiger partial charge in [0.15, 0.2) is 0 Å². The second kappa shape index (κ2) is 5.59. The van der Waals surface area contributed by atoms with Crippen LogP contribution in [0.25, 0.3) is 10.1 Å². The lowest BCUT2D eigenvalue weighted by Crippen LogP contribution is -2.37. The Balaban J connectivity index is 1.74. The summed E-state index contributed by atoms with van der Waals surface area (Å²) in [6, 6.07) is 15.5. The van der Waals surface area contributed by atoms with Crippen molar-refractivity contribution in [2.75, 3.05) is 25.2 Å². The van der Waals surface area contributed by atoms with E-state index in [1.807, 2.05) is 48.5 Å². The van der Waals surface area contributed by atoms with Crippen LogP contribution >= 0.6 is 11.3 Å². The molecule has 1 amide bonds. The van der Waals surface area contributed by atoms with Gasteiger partial charge in [-0.1, -0.05) is 18.2 Å². The van der Waals surface area contributed by atoms with Crippen molar-refractivity contribution >= 4 is 33.0 Å². The van der Waals surface area contributed by atoms with Gasteiger partial charge in [0, 0.05) is 10.8 Å². The Morgan fingerprint density at radius 2 is 2.09 bits per heavy atom. The molecule has 0 saturated heterocycles. The van der Waals surface area contributed by atoms with Gasteiger partial charge in [-0.15, -0.1) is 11.3 Å². The number of thiophene rings is 1. The summed E-state index contributed by atoms with van der Waals surface area (Å²) < 4.78 is 12.0. The lowest BCUT2D eigenvalue weighted by atomic mass is 10.2. The van der Waals surface area contributed by atoms with Crippen molar-refractivity contribution < 1.29 is 14.3 Å². The summed E-state index contributed by atoms with van der Waals surface area (Å²) in [5.41, 5.74) is 0.762. The van der Waals surface area contributed by atoms with Crippen LogP contribution in [-0.2, 0) is 0 Å². The van der Waals surface area contributed by atoms with Gasteiger partial charge in [0.05, 0.1) is 24.2 Å². The summed E-state index contributed by atoms with van der Waals surface area (Å²) in [5, 5.41) is 1.10. The van der Waals surface area contributed by atoms with E-state index in [1.165, 1.54) is 11.3 Å². The van der Waals surface area contributed by atoms with Gasteiger partial charge < -0.3 is 14.4 Å². The van der Waals surface area contributed by atoms with Crippen LogP contribution in [0.1, 0.15) is 9.67 Å². The predicted molar refractivity (Wildman–Crippen MR) is 92.0 cm³/mol. The zero-order chi connectivity index (χ0) is 15.8. The molecule has 2 heterocycles. The summed E-state index contributed by atoms with van der Waals surface area (Å²) in [7, 11) is 1.61. The molecule has 3 aromatic rings. The van der Waals surface area contributed by atoms with E-state index in [0.717, 1.165) is 20.7 Å². The van der Waals surface area contributed by atoms with Crippen molar-refractivity contribution in [1.29, 1.82) is 0 Å². The molecule has 0 saturated carbocycles. The zero-order valence-electron chi connectivity index (χ0n) is 12.6. The van der Waals surface area contributed by atoms with Crippen LogP contribution in [-0.4, -0.2) is 26.2 Å². The van der Waals surface area contributed by atoms with Gasteiger partial charge in [0.25, 0.3) is 5.91 Å². The maximum Gasteiger partial charge on any atom is 0.268 e. The molecule has 1 aliphatic heterocycles. The first kappa shape index (κ1) is 14.1. The van der Waals surface area contributed by atoms with Gasteiger partial charge in [-0.3, -0.25) is 4.79 Å². The van der Waals surface area contributed by atoms with Crippen LogP contribution in [0.3, 0.4) is 0 Å². The zero-order valence-corrected chi connectivity index (χ0v) is 13.4. The molecule has 0 radical (unpaired) electrons. The maximum absolute atomic E-state index is 13.0. The molecule has 0 N–H and O–H groups in total. The molecular weight excluding hydrogens is 310 g/mol. The molecular formula is C18H15NO3S. The first-order valence-corrected chi connectivity index (χ1v) is 8.19. The molecule has 0 spiro atoms. The number of anilines is 1. The Morgan fingerprint density at radius 1 is 1.22 bits per heavy atom. The highest BCUT2D eigenvalue weighted by Crippen LogP contribution is 2.37. The first-order chi connectivity index (χ1) is 11.3. The van der Waals surface area contributed by atoms with Crippen molar-refractivity contribution in [2.45, 2.75) is 0 Å². The molecule has 0 bridgehead atoms. The fourth-order valence-electron chi connectivity index (χ4n) is 2.76. The average molecular weight is 325 g/mol. The Labute approximate surface area is 137 Å². The number of benzene rings is 2. The second-order valence-corrected chi connectivity index (χ2v) is 6.37. The largest absolute Gasteiger partial charge is 0.497 e. The Hall–Kier alpha value is -2.53. The van der Waals surface area contributed by atoms with Gasteiger partial charge >= 0.3 is 0 Å². The molecule has 1 aliphatic rings. The minimum atomic E-state index is 0.00371. The number of fused-ring (bicyclic) bond motifs is 2. The molecule has 0 fully saturated rings. The van der Waals surface area contributed by atoms with E-state index in [4.69, 9.17) is 9.47 Å². The summed E-state index contributed by atoms with van der Waals surface area (Å²) >= 11 is 1.52. The average Bonchev–Trinajstić information content (AvgIpc) is 3.04. The van der Waals surface area contributed by atoms with Crippen molar-refractivity contribution in [1.82, 2.24) is 0 Å². The Kier molecular flexibility index (Phi) is 3.42. The lowest BCUT2D eigenvalue weighted by Gasteiger charge is -2.29. The fourth-order valence-corrected chi connectivity index (χ4v) is 3.77. The van der Waals surface area contributed by atoms with E-state index in [2.05, 4.69) is 0 Å². The van der Waals surface area contributed by atoms with Gasteiger partial charge in [-0.2, -0.15) is 0 Å². The summed E-state index contributed by atoms with van der Waals surface area (Å²) in [6.45, 7) is 1.03. The van der Waals surface area contributed by atoms with Crippen molar-refractivity contribution in [2.24, 2.45) is 0 Å². The molecule has 0 atom stereocenters. The third-order valence-corrected chi connectivity index (χ3v) is 5.01. The molecule has 116 valence electrons. The van der Waals surface area contributed by atoms with Crippen LogP contribution in [0.2, 0.25) is 0 Å². The van der Waals surface area contributed by atoms with Crippen molar-refractivity contribution in [3.63, 3.8) is 0 Å². The number of nitrogens with zero attached hydrogens (tertiary/aromatic N) is 1. The third kappa shape index (κ3) is 2.43. The van der Waals surface area contributed by atoms with Gasteiger partial charge in [-0.25, -0.2) is 0 Å². The van der Waals surface area contributed by atoms with Crippen LogP contribution < -0.4 is 14.4 Å². The molecule has 0 unspecified atom stereocenters. The molecule has 5 heteroatoms. The summed E-state index contributed by atoms with van der Waals surface area (Å²) in [4.78, 5) is 15.5. The number of hydrogen-bond donors (Lipinski definition) is 0. The normalized spacial score (nSPS) is 13.5. The number of amides is 1. The third-order valence-electron chi connectivity index (χ3n) is 3.91. The summed E-state index contributed by atoms with van der Waals surface area (Å²) in [5.74, 6) is 1.43. The van der Waals surface area contributed by atoms with Gasteiger partial charge in [-0.05, 0) is 29.7 Å². The summed E-state index contributed by atoms with van der Waals surface area (Å²) in [6.07, 6.45) is 0. The Bertz CT molecular complexity index is 854. The number of hydrogen-bond acceptors (Lipinski definition) is 4. The van der Waals surface area contributed by atoms with Crippen LogP contribution in [0, 0.1) is 0 Å². The fraction of sp³-hybridized carbons (Fsp3) is 0.167. The molecule has 2 aromatic carbocycles. The number of carbonyl (C=O) groups is 1. The highest BCUT2D eigenvalue weighted by atomic mass is 32.1. The van der Waals surface area contributed by atoms with Gasteiger partial charge in [0.1, 0.15) is 18.1 Å². The van der Waals surface area contributed by atoms with Crippen LogP contribution in [0.5, 0.6) is 11.5 Å². The molecule has 4 rings (SSSR count). The molecule has 4 nitrogen and oxygen atoms in total. The van der Waals surface area contributed by atoms with Crippen molar-refractivity contribution in [3.8, 4) is 11.5 Å². The Morgan fingerprint density at radius 3 is 2.91 bits per heavy atom. The SMILES string of the molecule is COc1ccc2c(c1)N(C(=O)c1cc3ccccc3s1)CCO2. The van der Waals surface area contributed by atoms with Crippen LogP contribution in [0.15, 0.2) is 48.5 Å². The second-order valence-electron chi connectivity index (χ2n) is 5.29. The number of methoxy groups -OCH3 is 1. The molecule has 23 heavy (non-hydrogen) atoms. The quantitative estimate of drug-likeness (QED) is 0.716. The number of ether oxygens (including phenoxy) is 2. The predicted octanol–water partition coefficient (Wildman–Crippen LogP) is 3.95. The standard InChI is InChI=1S/C18H15NO3S/c1-21-13-6-7-15-14(11-13)19(8-9-22-15)18(20)17-10-12-4-2-3-5-16(12)23-17/h2-7,10-11H,8-9H2,1H3. The van der Waals surface area contributed by atoms with E-state index in [9.17, 15) is 4.79 Å². The monoisotopic (exact) mass is 325 g/mol. The topological polar surface area (TPSA) is 38.8 Å². The van der Waals surface area contributed by atoms with E-state index in [-0.39, 0.29) is 5.91 Å². The minimum absolute atomic E-state index is 0.00371. The van der Waals surface area contributed by atoms with Crippen LogP contribution in [0.4, 0.5) is 5.69 Å². The van der Waals surface area contributed by atoms with E-state index in [0.29, 0.717) is 24.7 Å². The van der Waals surface area contributed by atoms with E-state index >= 15 is 0 Å². The lowest BCUT2D eigenvalue weighted by molar-refractivity contribution is 0.0980. The number of carbonyl (C=O) groups excluding carboxylic acids is 1. The van der Waals surface area contributed by atoms with E-state index < -0.39 is 0 Å². The number of rotatable bonds is 2. The molecule has 1 aromatic heterocycles. The van der Waals surface area contributed by atoms with Gasteiger partial charge in [0.2, 0.25) is 0 Å². The first-order valence-electron chi connectivity index (χ1n) is 7.37. The smallest absolute Gasteiger partial charge is 0.268 e. The minimum Gasteiger partial charge on any atom is -0.497 e. The van der Waals surface area contributed by atoms with Crippen molar-refractivity contribution in [3.05, 3.63) is 53.4 Å². The highest BCUT2D eigenvalue weighted by Gasteiger charge is 2.26. The molecule has 0 aliphatic carbocycles.